The molecule has 1 aliphatic rings. The normalized spacial score (nSPS) is 14.9. The Morgan fingerprint density at radius 3 is 2.56 bits per heavy atom. The molecule has 0 unspecified atom stereocenters. The Labute approximate surface area is 221 Å². The predicted molar refractivity (Wildman–Crippen MR) is 149 cm³/mol. The van der Waals surface area contributed by atoms with E-state index in [0.29, 0.717) is 23.0 Å². The van der Waals surface area contributed by atoms with Crippen LogP contribution < -0.4 is 11.1 Å². The van der Waals surface area contributed by atoms with Gasteiger partial charge >= 0.3 is 0 Å². The van der Waals surface area contributed by atoms with Crippen LogP contribution in [0.4, 0.5) is 5.69 Å². The van der Waals surface area contributed by atoms with E-state index in [1.54, 1.807) is 24.3 Å². The Morgan fingerprint density at radius 2 is 1.81 bits per heavy atom. The van der Waals surface area contributed by atoms with Crippen LogP contribution in [0.15, 0.2) is 66.9 Å². The van der Waals surface area contributed by atoms with Crippen molar-refractivity contribution >= 4 is 45.7 Å². The fourth-order valence-corrected chi connectivity index (χ4v) is 5.52. The van der Waals surface area contributed by atoms with Crippen molar-refractivity contribution < 1.29 is 4.79 Å². The number of nitrogens with one attached hydrogen (secondary N) is 2. The number of carbonyl (C=O) groups is 1. The number of nitrogens with two attached hydrogens (primary N) is 1. The second-order valence-corrected chi connectivity index (χ2v) is 10.3. The number of para-hydroxylation sites is 1. The number of anilines is 1. The van der Waals surface area contributed by atoms with E-state index in [1.807, 2.05) is 24.3 Å². The van der Waals surface area contributed by atoms with E-state index in [-0.39, 0.29) is 5.91 Å². The van der Waals surface area contributed by atoms with Crippen LogP contribution in [0.25, 0.3) is 10.9 Å². The molecule has 0 spiro atoms. The fraction of sp³-hybridized carbons (Fsp3) is 0.276. The Bertz CT molecular complexity index is 1360. The monoisotopic (exact) mass is 520 g/mol. The van der Waals surface area contributed by atoms with Crippen molar-refractivity contribution in [3.05, 3.63) is 99.2 Å². The molecule has 0 bridgehead atoms. The topological polar surface area (TPSA) is 74.2 Å². The van der Waals surface area contributed by atoms with Gasteiger partial charge < -0.3 is 20.9 Å². The number of H-pyrrole nitrogens is 1. The van der Waals surface area contributed by atoms with Crippen LogP contribution in [-0.2, 0) is 13.0 Å². The van der Waals surface area contributed by atoms with Gasteiger partial charge in [0.1, 0.15) is 0 Å². The van der Waals surface area contributed by atoms with Crippen molar-refractivity contribution in [2.24, 2.45) is 5.73 Å². The van der Waals surface area contributed by atoms with E-state index in [4.69, 9.17) is 28.9 Å². The third kappa shape index (κ3) is 5.45. The van der Waals surface area contributed by atoms with Gasteiger partial charge in [-0.2, -0.15) is 0 Å². The molecule has 0 atom stereocenters. The third-order valence-corrected chi connectivity index (χ3v) is 7.78. The van der Waals surface area contributed by atoms with Gasteiger partial charge in [-0.3, -0.25) is 4.79 Å². The number of nitrogens with zero attached hydrogens (tertiary/aromatic N) is 1. The molecule has 0 aliphatic carbocycles. The van der Waals surface area contributed by atoms with Gasteiger partial charge in [0.05, 0.1) is 10.5 Å². The highest BCUT2D eigenvalue weighted by molar-refractivity contribution is 6.35. The number of amides is 1. The largest absolute Gasteiger partial charge is 0.360 e. The number of likely N-dealkylation sites (tertiary alicyclic amines) is 1. The molecule has 5 rings (SSSR count). The number of benzene rings is 3. The number of piperidine rings is 1. The lowest BCUT2D eigenvalue weighted by Crippen LogP contribution is -2.34. The molecule has 1 amide bonds. The highest BCUT2D eigenvalue weighted by atomic mass is 35.5. The number of halogens is 2. The number of aromatic amines is 1. The molecule has 186 valence electrons. The quantitative estimate of drug-likeness (QED) is 0.256. The molecule has 2 heterocycles. The number of carbonyl (C=O) groups excluding carboxylic acids is 1. The number of rotatable bonds is 7. The minimum Gasteiger partial charge on any atom is -0.360 e. The summed E-state index contributed by atoms with van der Waals surface area (Å²) >= 11 is 12.3. The van der Waals surface area contributed by atoms with Gasteiger partial charge in [-0.1, -0.05) is 41.4 Å². The fourth-order valence-electron chi connectivity index (χ4n) is 5.16. The zero-order valence-corrected chi connectivity index (χ0v) is 21.6. The van der Waals surface area contributed by atoms with Gasteiger partial charge in [-0.25, -0.2) is 0 Å². The first-order valence-electron chi connectivity index (χ1n) is 12.4. The molecule has 0 radical (unpaired) electrons. The molecule has 1 aromatic heterocycles. The number of hydrogen-bond donors (Lipinski definition) is 3. The van der Waals surface area contributed by atoms with E-state index < -0.39 is 0 Å². The molecule has 4 N–H and O–H groups in total. The van der Waals surface area contributed by atoms with E-state index in [1.165, 1.54) is 16.5 Å². The molecular formula is C29H30Cl2N4O. The van der Waals surface area contributed by atoms with Crippen molar-refractivity contribution in [2.75, 3.05) is 25.0 Å². The Morgan fingerprint density at radius 1 is 1.03 bits per heavy atom. The minimum absolute atomic E-state index is 0.154. The van der Waals surface area contributed by atoms with Crippen LogP contribution in [0.5, 0.6) is 0 Å². The summed E-state index contributed by atoms with van der Waals surface area (Å²) < 4.78 is 0. The first-order chi connectivity index (χ1) is 17.5. The number of hydrogen-bond acceptors (Lipinski definition) is 3. The summed E-state index contributed by atoms with van der Waals surface area (Å²) in [6.07, 6.45) is 5.28. The van der Waals surface area contributed by atoms with E-state index in [2.05, 4.69) is 33.5 Å². The van der Waals surface area contributed by atoms with Crippen LogP contribution in [0.3, 0.4) is 0 Å². The van der Waals surface area contributed by atoms with Crippen LogP contribution in [-0.4, -0.2) is 35.4 Å². The van der Waals surface area contributed by atoms with Gasteiger partial charge in [0.2, 0.25) is 0 Å². The molecular weight excluding hydrogens is 491 g/mol. The van der Waals surface area contributed by atoms with Crippen molar-refractivity contribution in [3.8, 4) is 0 Å². The molecule has 4 aromatic rings. The molecule has 1 aliphatic heterocycles. The van der Waals surface area contributed by atoms with E-state index in [0.717, 1.165) is 60.7 Å². The van der Waals surface area contributed by atoms with Crippen LogP contribution >= 0.6 is 23.2 Å². The summed E-state index contributed by atoms with van der Waals surface area (Å²) in [5.41, 5.74) is 12.1. The zero-order chi connectivity index (χ0) is 25.1. The minimum atomic E-state index is -0.154. The van der Waals surface area contributed by atoms with Crippen LogP contribution in [0.1, 0.15) is 45.8 Å². The lowest BCUT2D eigenvalue weighted by atomic mass is 9.89. The summed E-state index contributed by atoms with van der Waals surface area (Å²) in [6, 6.07) is 19.0. The number of aromatic nitrogens is 1. The first kappa shape index (κ1) is 24.8. The van der Waals surface area contributed by atoms with Crippen molar-refractivity contribution in [1.82, 2.24) is 9.88 Å². The Kier molecular flexibility index (Phi) is 7.63. The maximum Gasteiger partial charge on any atom is 0.255 e. The maximum atomic E-state index is 12.6. The van der Waals surface area contributed by atoms with Gasteiger partial charge in [0.25, 0.3) is 5.91 Å². The smallest absolute Gasteiger partial charge is 0.255 e. The van der Waals surface area contributed by atoms with Gasteiger partial charge in [-0.15, -0.1) is 0 Å². The predicted octanol–water partition coefficient (Wildman–Crippen LogP) is 6.61. The summed E-state index contributed by atoms with van der Waals surface area (Å²) in [5, 5.41) is 5.62. The van der Waals surface area contributed by atoms with Crippen LogP contribution in [0, 0.1) is 0 Å². The average Bonchev–Trinajstić information content (AvgIpc) is 3.34. The van der Waals surface area contributed by atoms with Gasteiger partial charge in [-0.05, 0) is 97.4 Å². The molecule has 1 fully saturated rings. The lowest BCUT2D eigenvalue weighted by molar-refractivity contribution is 0.102. The summed E-state index contributed by atoms with van der Waals surface area (Å²) in [7, 11) is 0. The molecule has 1 saturated heterocycles. The molecule has 0 saturated carbocycles. The molecule has 3 aromatic carbocycles. The summed E-state index contributed by atoms with van der Waals surface area (Å²) in [6.45, 7) is 3.56. The van der Waals surface area contributed by atoms with Crippen molar-refractivity contribution in [3.63, 3.8) is 0 Å². The second kappa shape index (κ2) is 11.1. The maximum absolute atomic E-state index is 12.6. The third-order valence-electron chi connectivity index (χ3n) is 7.21. The summed E-state index contributed by atoms with van der Waals surface area (Å²) in [5.74, 6) is 0.387. The lowest BCUT2D eigenvalue weighted by Gasteiger charge is -2.32. The Hall–Kier alpha value is -2.83. The Balaban J connectivity index is 1.20. The van der Waals surface area contributed by atoms with E-state index in [9.17, 15) is 4.79 Å². The highest BCUT2D eigenvalue weighted by Crippen LogP contribution is 2.35. The summed E-state index contributed by atoms with van der Waals surface area (Å²) in [4.78, 5) is 18.5. The van der Waals surface area contributed by atoms with Gasteiger partial charge in [0.15, 0.2) is 0 Å². The van der Waals surface area contributed by atoms with Crippen molar-refractivity contribution in [2.45, 2.75) is 31.7 Å². The average molecular weight is 521 g/mol. The van der Waals surface area contributed by atoms with Crippen LogP contribution in [0.2, 0.25) is 10.0 Å². The van der Waals surface area contributed by atoms with E-state index >= 15 is 0 Å². The van der Waals surface area contributed by atoms with Crippen molar-refractivity contribution in [1.29, 1.82) is 0 Å². The van der Waals surface area contributed by atoms with Gasteiger partial charge in [0, 0.05) is 40.9 Å². The highest BCUT2D eigenvalue weighted by Gasteiger charge is 2.23. The molecule has 7 heteroatoms. The zero-order valence-electron chi connectivity index (χ0n) is 20.1. The first-order valence-corrected chi connectivity index (χ1v) is 13.1. The molecule has 5 nitrogen and oxygen atoms in total. The standard InChI is InChI=1S/C29H30Cl2N4O/c30-23-7-4-20(5-8-23)29(36)34-24-9-6-22(17-32)21(16-24)12-15-35-13-10-19(11-14-35)26-18-33-28-25(26)2-1-3-27(28)31/h1-9,16,18-19,33H,10-15,17,32H2,(H,34,36). The SMILES string of the molecule is NCc1ccc(NC(=O)c2ccc(Cl)cc2)cc1CCN1CCC(c2c[nH]c3c(Cl)cccc23)CC1. The molecule has 36 heavy (non-hydrogen) atoms. The number of fused-ring (bicyclic) bond motifs is 1. The second-order valence-electron chi connectivity index (χ2n) is 9.42.